The van der Waals surface area contributed by atoms with E-state index in [1.165, 1.54) is 12.1 Å². The van der Waals surface area contributed by atoms with Crippen molar-refractivity contribution in [1.29, 1.82) is 0 Å². The maximum atomic E-state index is 13.0. The normalized spacial score (nSPS) is 24.3. The molecule has 0 saturated carbocycles. The summed E-state index contributed by atoms with van der Waals surface area (Å²) in [5, 5.41) is 2.54. The van der Waals surface area contributed by atoms with Crippen LogP contribution in [0.1, 0.15) is 38.7 Å². The highest BCUT2D eigenvalue weighted by atomic mass is 32.2. The Morgan fingerprint density at radius 1 is 1.21 bits per heavy atom. The first kappa shape index (κ1) is 22.0. The average Bonchev–Trinajstić information content (AvgIpc) is 2.81. The van der Waals surface area contributed by atoms with Gasteiger partial charge in [0.05, 0.1) is 5.25 Å². The molecule has 6 nitrogen and oxygen atoms in total. The minimum Gasteiger partial charge on any atom is -0.338 e. The lowest BCUT2D eigenvalue weighted by atomic mass is 10.0. The molecule has 3 rings (SSSR count). The van der Waals surface area contributed by atoms with Gasteiger partial charge in [0.25, 0.3) is 0 Å². The van der Waals surface area contributed by atoms with Crippen molar-refractivity contribution < 1.29 is 17.6 Å². The molecule has 2 fully saturated rings. The van der Waals surface area contributed by atoms with Gasteiger partial charge in [-0.25, -0.2) is 21.9 Å². The number of nitrogens with one attached hydrogen (secondary N) is 1. The number of rotatable bonds is 6. The number of halogens is 1. The zero-order valence-corrected chi connectivity index (χ0v) is 18.1. The van der Waals surface area contributed by atoms with Crippen LogP contribution in [0.3, 0.4) is 0 Å². The van der Waals surface area contributed by atoms with Gasteiger partial charge in [-0.3, -0.25) is 0 Å². The zero-order valence-electron chi connectivity index (χ0n) is 17.3. The van der Waals surface area contributed by atoms with Crippen LogP contribution >= 0.6 is 0 Å². The van der Waals surface area contributed by atoms with E-state index in [9.17, 15) is 17.6 Å². The fourth-order valence-electron chi connectivity index (χ4n) is 4.20. The monoisotopic (exact) mass is 425 g/mol. The Morgan fingerprint density at radius 2 is 1.90 bits per heavy atom. The van der Waals surface area contributed by atoms with Crippen molar-refractivity contribution >= 4 is 16.1 Å². The molecule has 2 aliphatic heterocycles. The maximum absolute atomic E-state index is 13.0. The number of carbonyl (C=O) groups is 1. The summed E-state index contributed by atoms with van der Waals surface area (Å²) >= 11 is 0. The summed E-state index contributed by atoms with van der Waals surface area (Å²) in [6.45, 7) is 6.90. The van der Waals surface area contributed by atoms with Crippen LogP contribution in [-0.4, -0.2) is 61.6 Å². The lowest BCUT2D eigenvalue weighted by molar-refractivity contribution is 0.198. The molecule has 2 aliphatic rings. The number of hydrogen-bond donors (Lipinski definition) is 1. The molecule has 0 bridgehead atoms. The number of fused-ring (bicyclic) bond motifs is 1. The van der Waals surface area contributed by atoms with E-state index in [-0.39, 0.29) is 23.0 Å². The van der Waals surface area contributed by atoms with Crippen molar-refractivity contribution in [3.05, 3.63) is 35.6 Å². The van der Waals surface area contributed by atoms with Crippen molar-refractivity contribution in [3.63, 3.8) is 0 Å². The van der Waals surface area contributed by atoms with Crippen LogP contribution in [-0.2, 0) is 16.4 Å². The third-order valence-corrected chi connectivity index (χ3v) is 8.44. The fraction of sp³-hybridized carbons (Fsp3) is 0.667. The summed E-state index contributed by atoms with van der Waals surface area (Å²) in [5.41, 5.74) is 0.963. The van der Waals surface area contributed by atoms with Gasteiger partial charge in [-0.2, -0.15) is 0 Å². The molecule has 8 heteroatoms. The van der Waals surface area contributed by atoms with Gasteiger partial charge in [0.1, 0.15) is 5.82 Å². The van der Waals surface area contributed by atoms with Crippen molar-refractivity contribution in [1.82, 2.24) is 14.5 Å². The van der Waals surface area contributed by atoms with Gasteiger partial charge in [0.15, 0.2) is 0 Å². The first-order chi connectivity index (χ1) is 13.8. The number of nitrogens with zero attached hydrogens (tertiary/aromatic N) is 2. The molecular formula is C21H32FN3O3S. The van der Waals surface area contributed by atoms with Crippen molar-refractivity contribution in [3.8, 4) is 0 Å². The number of amides is 2. The van der Waals surface area contributed by atoms with Crippen molar-refractivity contribution in [2.24, 2.45) is 11.8 Å². The van der Waals surface area contributed by atoms with Crippen LogP contribution in [0, 0.1) is 17.7 Å². The van der Waals surface area contributed by atoms with E-state index in [0.717, 1.165) is 12.0 Å². The highest BCUT2D eigenvalue weighted by molar-refractivity contribution is 7.90. The smallest absolute Gasteiger partial charge is 0.317 e. The summed E-state index contributed by atoms with van der Waals surface area (Å²) in [4.78, 5) is 14.2. The Balaban J connectivity index is 1.49. The number of urea groups is 1. The standard InChI is InChI=1S/C21H32FN3O3S/c1-16(2)8-14-25-15-18-9-12-24(13-10-20(18)29(25,27)28)21(26)23-11-7-17-3-5-19(22)6-4-17/h3-6,16,18,20H,7-15H2,1-2H3,(H,23,26)/t18-,20-/m0/s1. The van der Waals surface area contributed by atoms with Crippen LogP contribution in [0.4, 0.5) is 9.18 Å². The highest BCUT2D eigenvalue weighted by Gasteiger charge is 2.46. The van der Waals surface area contributed by atoms with E-state index < -0.39 is 10.0 Å². The summed E-state index contributed by atoms with van der Waals surface area (Å²) in [6, 6.07) is 6.10. The summed E-state index contributed by atoms with van der Waals surface area (Å²) in [5.74, 6) is 0.305. The van der Waals surface area contributed by atoms with Gasteiger partial charge in [-0.1, -0.05) is 26.0 Å². The third-order valence-electron chi connectivity index (χ3n) is 6.01. The molecule has 1 N–H and O–H groups in total. The molecule has 2 saturated heterocycles. The van der Waals surface area contributed by atoms with E-state index >= 15 is 0 Å². The van der Waals surface area contributed by atoms with Gasteiger partial charge < -0.3 is 10.2 Å². The van der Waals surface area contributed by atoms with Gasteiger partial charge in [0, 0.05) is 32.7 Å². The lowest BCUT2D eigenvalue weighted by Gasteiger charge is -2.23. The second kappa shape index (κ2) is 9.43. The first-order valence-electron chi connectivity index (χ1n) is 10.5. The van der Waals surface area contributed by atoms with Crippen LogP contribution < -0.4 is 5.32 Å². The summed E-state index contributed by atoms with van der Waals surface area (Å²) in [6.07, 6.45) is 2.72. The van der Waals surface area contributed by atoms with Gasteiger partial charge in [-0.15, -0.1) is 0 Å². The minimum absolute atomic E-state index is 0.101. The minimum atomic E-state index is -3.27. The molecule has 0 radical (unpaired) electrons. The predicted molar refractivity (Wildman–Crippen MR) is 112 cm³/mol. The second-order valence-electron chi connectivity index (χ2n) is 8.56. The molecule has 2 heterocycles. The first-order valence-corrected chi connectivity index (χ1v) is 12.0. The Bertz CT molecular complexity index is 798. The molecule has 1 aromatic carbocycles. The fourth-order valence-corrected chi connectivity index (χ4v) is 6.45. The molecular weight excluding hydrogens is 393 g/mol. The van der Waals surface area contributed by atoms with Crippen LogP contribution in [0.5, 0.6) is 0 Å². The van der Waals surface area contributed by atoms with Crippen LogP contribution in [0.2, 0.25) is 0 Å². The Morgan fingerprint density at radius 3 is 2.59 bits per heavy atom. The van der Waals surface area contributed by atoms with E-state index in [1.807, 2.05) is 0 Å². The van der Waals surface area contributed by atoms with Crippen LogP contribution in [0.15, 0.2) is 24.3 Å². The molecule has 0 unspecified atom stereocenters. The highest BCUT2D eigenvalue weighted by Crippen LogP contribution is 2.34. The number of carbonyl (C=O) groups excluding carboxylic acids is 1. The quantitative estimate of drug-likeness (QED) is 0.762. The molecule has 2 amide bonds. The van der Waals surface area contributed by atoms with E-state index in [2.05, 4.69) is 19.2 Å². The van der Waals surface area contributed by atoms with E-state index in [1.54, 1.807) is 21.3 Å². The molecule has 0 spiro atoms. The van der Waals surface area contributed by atoms with Crippen LogP contribution in [0.25, 0.3) is 0 Å². The van der Waals surface area contributed by atoms with E-state index in [4.69, 9.17) is 0 Å². The molecule has 29 heavy (non-hydrogen) atoms. The summed E-state index contributed by atoms with van der Waals surface area (Å²) in [7, 11) is -3.27. The van der Waals surface area contributed by atoms with Gasteiger partial charge in [0.2, 0.25) is 10.0 Å². The Kier molecular flexibility index (Phi) is 7.16. The summed E-state index contributed by atoms with van der Waals surface area (Å²) < 4.78 is 40.4. The SMILES string of the molecule is CC(C)CCN1C[C@@H]2CCN(C(=O)NCCc3ccc(F)cc3)CC[C@@H]2S1(=O)=O. The predicted octanol–water partition coefficient (Wildman–Crippen LogP) is 2.85. The third kappa shape index (κ3) is 5.48. The molecule has 0 aromatic heterocycles. The largest absolute Gasteiger partial charge is 0.338 e. The average molecular weight is 426 g/mol. The molecule has 0 aliphatic carbocycles. The number of benzene rings is 1. The topological polar surface area (TPSA) is 69.7 Å². The Hall–Kier alpha value is -1.67. The molecule has 2 atom stereocenters. The molecule has 162 valence electrons. The second-order valence-corrected chi connectivity index (χ2v) is 10.7. The lowest BCUT2D eigenvalue weighted by Crippen LogP contribution is -2.42. The van der Waals surface area contributed by atoms with Crippen molar-refractivity contribution in [2.45, 2.75) is 44.8 Å². The number of likely N-dealkylation sites (tertiary alicyclic amines) is 1. The van der Waals surface area contributed by atoms with Gasteiger partial charge >= 0.3 is 6.03 Å². The maximum Gasteiger partial charge on any atom is 0.317 e. The molecule has 1 aromatic rings. The Labute approximate surface area is 173 Å². The number of hydrogen-bond acceptors (Lipinski definition) is 3. The number of sulfonamides is 1. The zero-order chi connectivity index (χ0) is 21.0. The van der Waals surface area contributed by atoms with Crippen molar-refractivity contribution in [2.75, 3.05) is 32.7 Å². The van der Waals surface area contributed by atoms with Gasteiger partial charge in [-0.05, 0) is 55.2 Å². The van der Waals surface area contributed by atoms with E-state index in [0.29, 0.717) is 57.9 Å².